The van der Waals surface area contributed by atoms with Gasteiger partial charge in [-0.2, -0.15) is 0 Å². The van der Waals surface area contributed by atoms with Gasteiger partial charge in [0.25, 0.3) is 0 Å². The second kappa shape index (κ2) is 5.76. The number of hydrogen-bond acceptors (Lipinski definition) is 6. The number of morpholine rings is 1. The lowest BCUT2D eigenvalue weighted by Crippen LogP contribution is -2.35. The lowest BCUT2D eigenvalue weighted by Gasteiger charge is -2.27. The molecule has 2 aromatic heterocycles. The van der Waals surface area contributed by atoms with Crippen molar-refractivity contribution in [1.82, 2.24) is 9.97 Å². The highest BCUT2D eigenvalue weighted by Gasteiger charge is 2.13. The molecule has 0 bridgehead atoms. The molecule has 0 saturated carbocycles. The molecule has 0 atom stereocenters. The van der Waals surface area contributed by atoms with Gasteiger partial charge < -0.3 is 14.5 Å². The van der Waals surface area contributed by atoms with Gasteiger partial charge in [0.1, 0.15) is 0 Å². The lowest BCUT2D eigenvalue weighted by atomic mass is 10.2. The minimum Gasteiger partial charge on any atom is -0.378 e. The van der Waals surface area contributed by atoms with Crippen LogP contribution in [-0.4, -0.2) is 50.4 Å². The van der Waals surface area contributed by atoms with E-state index >= 15 is 0 Å². The molecule has 0 unspecified atom stereocenters. The Bertz CT molecular complexity index is 561. The van der Waals surface area contributed by atoms with Crippen molar-refractivity contribution in [3.63, 3.8) is 0 Å². The van der Waals surface area contributed by atoms with Crippen LogP contribution in [0.3, 0.4) is 0 Å². The molecule has 0 amide bonds. The van der Waals surface area contributed by atoms with E-state index in [2.05, 4.69) is 26.3 Å². The summed E-state index contributed by atoms with van der Waals surface area (Å²) in [6.07, 6.45) is 3.77. The summed E-state index contributed by atoms with van der Waals surface area (Å²) >= 11 is 1.73. The molecule has 6 heteroatoms. The Morgan fingerprint density at radius 1 is 1.20 bits per heavy atom. The zero-order valence-corrected chi connectivity index (χ0v) is 12.6. The smallest absolute Gasteiger partial charge is 0.224 e. The first-order valence-electron chi connectivity index (χ1n) is 6.65. The first-order valence-corrected chi connectivity index (χ1v) is 7.53. The molecule has 1 aliphatic rings. The number of anilines is 2. The van der Waals surface area contributed by atoms with Crippen LogP contribution in [-0.2, 0) is 4.74 Å². The van der Waals surface area contributed by atoms with Crippen LogP contribution in [0, 0.1) is 0 Å². The van der Waals surface area contributed by atoms with E-state index in [1.807, 2.05) is 31.4 Å². The van der Waals surface area contributed by atoms with Gasteiger partial charge in [-0.1, -0.05) is 0 Å². The van der Waals surface area contributed by atoms with Crippen molar-refractivity contribution in [2.24, 2.45) is 0 Å². The molecule has 0 radical (unpaired) electrons. The van der Waals surface area contributed by atoms with Crippen LogP contribution < -0.4 is 9.80 Å². The van der Waals surface area contributed by atoms with Gasteiger partial charge in [-0.15, -0.1) is 11.3 Å². The molecule has 106 valence electrons. The van der Waals surface area contributed by atoms with E-state index in [-0.39, 0.29) is 0 Å². The van der Waals surface area contributed by atoms with E-state index in [9.17, 15) is 0 Å². The fraction of sp³-hybridized carbons (Fsp3) is 0.429. The zero-order chi connectivity index (χ0) is 13.9. The molecule has 3 heterocycles. The molecule has 1 aliphatic heterocycles. The SMILES string of the molecule is CN(C)c1ncc(-c2cc(N3CCOCC3)cs2)cn1. The number of rotatable bonds is 3. The Morgan fingerprint density at radius 3 is 2.55 bits per heavy atom. The molecule has 20 heavy (non-hydrogen) atoms. The zero-order valence-electron chi connectivity index (χ0n) is 11.7. The molecule has 3 rings (SSSR count). The third-order valence-corrected chi connectivity index (χ3v) is 4.25. The molecule has 0 spiro atoms. The second-order valence-corrected chi connectivity index (χ2v) is 5.85. The van der Waals surface area contributed by atoms with Crippen molar-refractivity contribution >= 4 is 23.0 Å². The summed E-state index contributed by atoms with van der Waals surface area (Å²) in [7, 11) is 3.88. The van der Waals surface area contributed by atoms with Gasteiger partial charge in [0.2, 0.25) is 5.95 Å². The topological polar surface area (TPSA) is 41.5 Å². The predicted molar refractivity (Wildman–Crippen MR) is 82.7 cm³/mol. The van der Waals surface area contributed by atoms with Crippen LogP contribution >= 0.6 is 11.3 Å². The second-order valence-electron chi connectivity index (χ2n) is 4.93. The number of hydrogen-bond donors (Lipinski definition) is 0. The highest BCUT2D eigenvalue weighted by molar-refractivity contribution is 7.14. The summed E-state index contributed by atoms with van der Waals surface area (Å²) in [6, 6.07) is 2.21. The molecule has 0 aromatic carbocycles. The monoisotopic (exact) mass is 290 g/mol. The average Bonchev–Trinajstić information content (AvgIpc) is 2.98. The lowest BCUT2D eigenvalue weighted by molar-refractivity contribution is 0.123. The van der Waals surface area contributed by atoms with Gasteiger partial charge in [-0.3, -0.25) is 0 Å². The molecule has 1 saturated heterocycles. The number of ether oxygens (including phenoxy) is 1. The summed E-state index contributed by atoms with van der Waals surface area (Å²) in [4.78, 5) is 14.2. The Hall–Kier alpha value is -1.66. The minimum absolute atomic E-state index is 0.735. The van der Waals surface area contributed by atoms with E-state index in [0.717, 1.165) is 37.8 Å². The summed E-state index contributed by atoms with van der Waals surface area (Å²) in [5, 5.41) is 2.19. The number of aromatic nitrogens is 2. The van der Waals surface area contributed by atoms with Gasteiger partial charge in [-0.05, 0) is 6.07 Å². The third kappa shape index (κ3) is 2.76. The maximum Gasteiger partial charge on any atom is 0.224 e. The van der Waals surface area contributed by atoms with Crippen LogP contribution in [0.2, 0.25) is 0 Å². The molecule has 2 aromatic rings. The van der Waals surface area contributed by atoms with E-state index in [1.165, 1.54) is 10.6 Å². The Balaban J connectivity index is 1.78. The van der Waals surface area contributed by atoms with Crippen LogP contribution in [0.4, 0.5) is 11.6 Å². The molecular weight excluding hydrogens is 272 g/mol. The van der Waals surface area contributed by atoms with Gasteiger partial charge in [-0.25, -0.2) is 9.97 Å². The average molecular weight is 290 g/mol. The van der Waals surface area contributed by atoms with Crippen molar-refractivity contribution < 1.29 is 4.74 Å². The van der Waals surface area contributed by atoms with E-state index in [1.54, 1.807) is 11.3 Å². The highest BCUT2D eigenvalue weighted by Crippen LogP contribution is 2.31. The van der Waals surface area contributed by atoms with E-state index in [0.29, 0.717) is 0 Å². The fourth-order valence-electron chi connectivity index (χ4n) is 2.14. The van der Waals surface area contributed by atoms with Crippen molar-refractivity contribution in [2.75, 3.05) is 50.2 Å². The summed E-state index contributed by atoms with van der Waals surface area (Å²) < 4.78 is 5.39. The standard InChI is InChI=1S/C14H18N4OS/c1-17(2)14-15-8-11(9-16-14)13-7-12(10-20-13)18-3-5-19-6-4-18/h7-10H,3-6H2,1-2H3. The molecule has 1 fully saturated rings. The van der Waals surface area contributed by atoms with Gasteiger partial charge in [0, 0.05) is 61.1 Å². The van der Waals surface area contributed by atoms with Gasteiger partial charge >= 0.3 is 0 Å². The minimum atomic E-state index is 0.735. The highest BCUT2D eigenvalue weighted by atomic mass is 32.1. The number of nitrogens with zero attached hydrogens (tertiary/aromatic N) is 4. The van der Waals surface area contributed by atoms with Crippen molar-refractivity contribution in [1.29, 1.82) is 0 Å². The van der Waals surface area contributed by atoms with E-state index < -0.39 is 0 Å². The van der Waals surface area contributed by atoms with Gasteiger partial charge in [0.05, 0.1) is 13.2 Å². The predicted octanol–water partition coefficient (Wildman–Crippen LogP) is 2.11. The van der Waals surface area contributed by atoms with Crippen molar-refractivity contribution in [3.05, 3.63) is 23.8 Å². The summed E-state index contributed by atoms with van der Waals surface area (Å²) in [5.41, 5.74) is 2.34. The first kappa shape index (κ1) is 13.3. The van der Waals surface area contributed by atoms with Crippen LogP contribution in [0.25, 0.3) is 10.4 Å². The van der Waals surface area contributed by atoms with Crippen LogP contribution in [0.1, 0.15) is 0 Å². The van der Waals surface area contributed by atoms with Crippen LogP contribution in [0.5, 0.6) is 0 Å². The van der Waals surface area contributed by atoms with Crippen LogP contribution in [0.15, 0.2) is 23.8 Å². The Labute approximate surface area is 122 Å². The number of thiophene rings is 1. The Kier molecular flexibility index (Phi) is 3.84. The first-order chi connectivity index (χ1) is 9.74. The molecule has 0 N–H and O–H groups in total. The maximum absolute atomic E-state index is 5.39. The third-order valence-electron chi connectivity index (χ3n) is 3.28. The summed E-state index contributed by atoms with van der Waals surface area (Å²) in [6.45, 7) is 3.55. The fourth-order valence-corrected chi connectivity index (χ4v) is 3.04. The Morgan fingerprint density at radius 2 is 1.90 bits per heavy atom. The quantitative estimate of drug-likeness (QED) is 0.866. The van der Waals surface area contributed by atoms with Crippen molar-refractivity contribution in [3.8, 4) is 10.4 Å². The molecule has 5 nitrogen and oxygen atoms in total. The largest absolute Gasteiger partial charge is 0.378 e. The van der Waals surface area contributed by atoms with Gasteiger partial charge in [0.15, 0.2) is 0 Å². The normalized spacial score (nSPS) is 15.4. The van der Waals surface area contributed by atoms with E-state index in [4.69, 9.17) is 4.74 Å². The summed E-state index contributed by atoms with van der Waals surface area (Å²) in [5.74, 6) is 0.735. The van der Waals surface area contributed by atoms with Crippen molar-refractivity contribution in [2.45, 2.75) is 0 Å². The molecular formula is C14H18N4OS. The molecule has 0 aliphatic carbocycles. The maximum atomic E-state index is 5.39.